The SMILES string of the molecule is COc1ccc2c(c1OC)C(=O)OC2C(=O)Cl. The summed E-state index contributed by atoms with van der Waals surface area (Å²) < 4.78 is 15.0. The number of halogens is 1. The lowest BCUT2D eigenvalue weighted by molar-refractivity contribution is -0.119. The predicted molar refractivity (Wildman–Crippen MR) is 58.6 cm³/mol. The molecule has 0 amide bonds. The maximum Gasteiger partial charge on any atom is 0.343 e. The van der Waals surface area contributed by atoms with Gasteiger partial charge in [-0.2, -0.15) is 0 Å². The number of fused-ring (bicyclic) bond motifs is 1. The highest BCUT2D eigenvalue weighted by Crippen LogP contribution is 2.42. The fourth-order valence-corrected chi connectivity index (χ4v) is 1.93. The molecule has 1 aliphatic heterocycles. The summed E-state index contributed by atoms with van der Waals surface area (Å²) >= 11 is 5.36. The zero-order valence-corrected chi connectivity index (χ0v) is 9.91. The first kappa shape index (κ1) is 11.7. The molecule has 1 aromatic rings. The van der Waals surface area contributed by atoms with Gasteiger partial charge < -0.3 is 14.2 Å². The lowest BCUT2D eigenvalue weighted by Gasteiger charge is -2.10. The van der Waals surface area contributed by atoms with E-state index in [0.717, 1.165) is 0 Å². The van der Waals surface area contributed by atoms with E-state index >= 15 is 0 Å². The number of benzene rings is 1. The number of ether oxygens (including phenoxy) is 3. The highest BCUT2D eigenvalue weighted by molar-refractivity contribution is 6.64. The quantitative estimate of drug-likeness (QED) is 0.608. The van der Waals surface area contributed by atoms with Crippen LogP contribution < -0.4 is 9.47 Å². The average molecular weight is 257 g/mol. The molecule has 90 valence electrons. The first-order valence-electron chi connectivity index (χ1n) is 4.75. The molecule has 1 heterocycles. The molecule has 5 nitrogen and oxygen atoms in total. The monoisotopic (exact) mass is 256 g/mol. The van der Waals surface area contributed by atoms with Crippen LogP contribution in [0.15, 0.2) is 12.1 Å². The summed E-state index contributed by atoms with van der Waals surface area (Å²) in [5.41, 5.74) is 0.582. The topological polar surface area (TPSA) is 61.8 Å². The van der Waals surface area contributed by atoms with Crippen LogP contribution in [0.1, 0.15) is 22.0 Å². The van der Waals surface area contributed by atoms with Crippen molar-refractivity contribution in [3.63, 3.8) is 0 Å². The van der Waals surface area contributed by atoms with Crippen molar-refractivity contribution in [3.05, 3.63) is 23.3 Å². The largest absolute Gasteiger partial charge is 0.493 e. The third-order valence-electron chi connectivity index (χ3n) is 2.50. The second kappa shape index (κ2) is 4.25. The van der Waals surface area contributed by atoms with Gasteiger partial charge >= 0.3 is 5.97 Å². The van der Waals surface area contributed by atoms with Crippen LogP contribution in [-0.2, 0) is 9.53 Å². The molecule has 0 N–H and O–H groups in total. The Balaban J connectivity index is 2.63. The Morgan fingerprint density at radius 3 is 2.59 bits per heavy atom. The van der Waals surface area contributed by atoms with Crippen LogP contribution >= 0.6 is 11.6 Å². The Kier molecular flexibility index (Phi) is 2.93. The molecule has 0 aromatic heterocycles. The summed E-state index contributed by atoms with van der Waals surface area (Å²) in [6, 6.07) is 3.15. The van der Waals surface area contributed by atoms with Gasteiger partial charge in [0, 0.05) is 5.56 Å². The van der Waals surface area contributed by atoms with Crippen molar-refractivity contribution in [1.82, 2.24) is 0 Å². The fourth-order valence-electron chi connectivity index (χ4n) is 1.77. The summed E-state index contributed by atoms with van der Waals surface area (Å²) in [7, 11) is 2.86. The first-order valence-corrected chi connectivity index (χ1v) is 5.13. The lowest BCUT2D eigenvalue weighted by Crippen LogP contribution is -2.05. The van der Waals surface area contributed by atoms with E-state index in [4.69, 9.17) is 25.8 Å². The zero-order chi connectivity index (χ0) is 12.6. The van der Waals surface area contributed by atoms with Crippen LogP contribution in [-0.4, -0.2) is 25.4 Å². The molecule has 0 aliphatic carbocycles. The molecule has 1 atom stereocenters. The van der Waals surface area contributed by atoms with Crippen LogP contribution in [0.5, 0.6) is 11.5 Å². The van der Waals surface area contributed by atoms with Gasteiger partial charge in [-0.15, -0.1) is 0 Å². The molecule has 1 unspecified atom stereocenters. The molecule has 0 bridgehead atoms. The van der Waals surface area contributed by atoms with Gasteiger partial charge in [-0.25, -0.2) is 4.79 Å². The molecular formula is C11H9ClO5. The van der Waals surface area contributed by atoms with E-state index in [2.05, 4.69) is 0 Å². The van der Waals surface area contributed by atoms with Gasteiger partial charge in [0.1, 0.15) is 5.56 Å². The van der Waals surface area contributed by atoms with Gasteiger partial charge in [-0.3, -0.25) is 4.79 Å². The van der Waals surface area contributed by atoms with Crippen molar-refractivity contribution >= 4 is 22.8 Å². The van der Waals surface area contributed by atoms with Crippen LogP contribution in [0, 0.1) is 0 Å². The Morgan fingerprint density at radius 1 is 1.35 bits per heavy atom. The van der Waals surface area contributed by atoms with Crippen LogP contribution in [0.2, 0.25) is 0 Å². The molecule has 0 spiro atoms. The molecule has 0 saturated carbocycles. The van der Waals surface area contributed by atoms with Crippen molar-refractivity contribution in [2.75, 3.05) is 14.2 Å². The smallest absolute Gasteiger partial charge is 0.343 e. The van der Waals surface area contributed by atoms with Gasteiger partial charge in [-0.05, 0) is 23.7 Å². The maximum absolute atomic E-state index is 11.7. The van der Waals surface area contributed by atoms with Crippen molar-refractivity contribution < 1.29 is 23.8 Å². The highest BCUT2D eigenvalue weighted by atomic mass is 35.5. The third-order valence-corrected chi connectivity index (χ3v) is 2.69. The van der Waals surface area contributed by atoms with Gasteiger partial charge in [0.25, 0.3) is 5.24 Å². The average Bonchev–Trinajstić information content (AvgIpc) is 2.66. The van der Waals surface area contributed by atoms with E-state index < -0.39 is 17.3 Å². The molecule has 6 heteroatoms. The second-order valence-electron chi connectivity index (χ2n) is 3.35. The number of cyclic esters (lactones) is 1. The predicted octanol–water partition coefficient (Wildman–Crippen LogP) is 1.68. The van der Waals surface area contributed by atoms with Crippen LogP contribution in [0.4, 0.5) is 0 Å². The molecular weight excluding hydrogens is 248 g/mol. The lowest BCUT2D eigenvalue weighted by atomic mass is 10.0. The van der Waals surface area contributed by atoms with E-state index in [1.54, 1.807) is 12.1 Å². The van der Waals surface area contributed by atoms with Gasteiger partial charge in [0.05, 0.1) is 14.2 Å². The number of carbonyl (C=O) groups is 2. The Labute approximate surface area is 102 Å². The van der Waals surface area contributed by atoms with Crippen LogP contribution in [0.3, 0.4) is 0 Å². The van der Waals surface area contributed by atoms with Crippen LogP contribution in [0.25, 0.3) is 0 Å². The van der Waals surface area contributed by atoms with E-state index in [-0.39, 0.29) is 11.3 Å². The summed E-state index contributed by atoms with van der Waals surface area (Å²) in [5.74, 6) is -0.00367. The van der Waals surface area contributed by atoms with Gasteiger partial charge in [-0.1, -0.05) is 0 Å². The van der Waals surface area contributed by atoms with E-state index in [0.29, 0.717) is 11.3 Å². The minimum atomic E-state index is -1.07. The summed E-state index contributed by atoms with van der Waals surface area (Å²) in [6.07, 6.45) is -1.07. The third kappa shape index (κ3) is 1.72. The van der Waals surface area contributed by atoms with Crippen molar-refractivity contribution in [2.45, 2.75) is 6.10 Å². The number of rotatable bonds is 3. The van der Waals surface area contributed by atoms with E-state index in [1.165, 1.54) is 14.2 Å². The number of carbonyl (C=O) groups excluding carboxylic acids is 2. The number of esters is 1. The highest BCUT2D eigenvalue weighted by Gasteiger charge is 2.39. The summed E-state index contributed by atoms with van der Waals surface area (Å²) in [6.45, 7) is 0. The minimum absolute atomic E-state index is 0.186. The summed E-state index contributed by atoms with van der Waals surface area (Å²) in [4.78, 5) is 22.8. The Hall–Kier alpha value is -1.75. The molecule has 1 aliphatic rings. The number of hydrogen-bond donors (Lipinski definition) is 0. The first-order chi connectivity index (χ1) is 8.10. The molecule has 0 saturated heterocycles. The molecule has 2 rings (SSSR count). The minimum Gasteiger partial charge on any atom is -0.493 e. The van der Waals surface area contributed by atoms with Gasteiger partial charge in [0.15, 0.2) is 11.5 Å². The Bertz CT molecular complexity index is 497. The number of methoxy groups -OCH3 is 2. The standard InChI is InChI=1S/C11H9ClO5/c1-15-6-4-3-5-7(9(6)16-2)11(14)17-8(5)10(12)13/h3-4,8H,1-2H3. The molecule has 0 radical (unpaired) electrons. The van der Waals surface area contributed by atoms with E-state index in [1.807, 2.05) is 0 Å². The normalized spacial score (nSPS) is 17.4. The zero-order valence-electron chi connectivity index (χ0n) is 9.15. The molecule has 1 aromatic carbocycles. The molecule has 0 fully saturated rings. The summed E-state index contributed by atoms with van der Waals surface area (Å²) in [5, 5.41) is -0.746. The van der Waals surface area contributed by atoms with Crippen molar-refractivity contribution in [1.29, 1.82) is 0 Å². The Morgan fingerprint density at radius 2 is 2.06 bits per heavy atom. The van der Waals surface area contributed by atoms with Crippen molar-refractivity contribution in [2.24, 2.45) is 0 Å². The molecule has 17 heavy (non-hydrogen) atoms. The number of hydrogen-bond acceptors (Lipinski definition) is 5. The van der Waals surface area contributed by atoms with Crippen molar-refractivity contribution in [3.8, 4) is 11.5 Å². The van der Waals surface area contributed by atoms with Gasteiger partial charge in [0.2, 0.25) is 6.10 Å². The fraction of sp³-hybridized carbons (Fsp3) is 0.273. The van der Waals surface area contributed by atoms with E-state index in [9.17, 15) is 9.59 Å². The second-order valence-corrected chi connectivity index (χ2v) is 3.73. The maximum atomic E-state index is 11.7.